The topological polar surface area (TPSA) is 108 Å². The average molecular weight is 743 g/mol. The number of benzene rings is 2. The molecule has 7 nitrogen and oxygen atoms in total. The van der Waals surface area contributed by atoms with Crippen LogP contribution in [-0.4, -0.2) is 61.3 Å². The quantitative estimate of drug-likeness (QED) is 0.0660. The lowest BCUT2D eigenvalue weighted by molar-refractivity contribution is -0.107. The van der Waals surface area contributed by atoms with Crippen LogP contribution in [0.15, 0.2) is 36.4 Å². The van der Waals surface area contributed by atoms with Gasteiger partial charge in [0.1, 0.15) is 18.3 Å². The fourth-order valence-corrected chi connectivity index (χ4v) is 5.44. The maximum atomic E-state index is 9.34. The van der Waals surface area contributed by atoms with Crippen molar-refractivity contribution in [2.75, 3.05) is 37.7 Å². The van der Waals surface area contributed by atoms with Crippen molar-refractivity contribution in [2.24, 2.45) is 0 Å². The van der Waals surface area contributed by atoms with E-state index in [4.69, 9.17) is 17.0 Å². The molecule has 53 heavy (non-hydrogen) atoms. The summed E-state index contributed by atoms with van der Waals surface area (Å²) in [5, 5.41) is 15.5. The van der Waals surface area contributed by atoms with E-state index in [2.05, 4.69) is 80.3 Å². The Morgan fingerprint density at radius 2 is 1.34 bits per heavy atom. The monoisotopic (exact) mass is 743 g/mol. The molecule has 1 aliphatic heterocycles. The maximum absolute atomic E-state index is 9.34. The number of para-hydroxylation sites is 1. The van der Waals surface area contributed by atoms with Crippen LogP contribution in [0.3, 0.4) is 0 Å². The summed E-state index contributed by atoms with van der Waals surface area (Å²) in [4.78, 5) is 20.8. The van der Waals surface area contributed by atoms with Gasteiger partial charge in [0.2, 0.25) is 0 Å². The lowest BCUT2D eigenvalue weighted by Gasteiger charge is -2.26. The summed E-state index contributed by atoms with van der Waals surface area (Å²) >= 11 is 0. The van der Waals surface area contributed by atoms with E-state index in [-0.39, 0.29) is 11.4 Å². The first-order valence-corrected chi connectivity index (χ1v) is 20.8. The number of nitrogens with two attached hydrogens (primary N) is 1. The van der Waals surface area contributed by atoms with E-state index >= 15 is 0 Å². The second-order valence-corrected chi connectivity index (χ2v) is 11.8. The van der Waals surface area contributed by atoms with Gasteiger partial charge in [0.15, 0.2) is 0 Å². The average Bonchev–Trinajstić information content (AvgIpc) is 3.73. The van der Waals surface area contributed by atoms with Crippen molar-refractivity contribution in [3.05, 3.63) is 53.1 Å². The van der Waals surface area contributed by atoms with E-state index in [0.29, 0.717) is 18.2 Å². The van der Waals surface area contributed by atoms with E-state index in [1.54, 1.807) is 19.2 Å². The lowest BCUT2D eigenvalue weighted by atomic mass is 10.0. The van der Waals surface area contributed by atoms with Gasteiger partial charge in [0.25, 0.3) is 0 Å². The second-order valence-electron chi connectivity index (χ2n) is 11.8. The molecule has 0 radical (unpaired) electrons. The molecule has 0 bridgehead atoms. The van der Waals surface area contributed by atoms with Crippen molar-refractivity contribution in [3.8, 4) is 18.1 Å². The van der Waals surface area contributed by atoms with Gasteiger partial charge in [-0.25, -0.2) is 0 Å². The maximum Gasteiger partial charge on any atom is 0.140 e. The summed E-state index contributed by atoms with van der Waals surface area (Å²) in [7, 11) is 1.73. The number of aromatic hydroxyl groups is 1. The minimum atomic E-state index is 0.0537. The van der Waals surface area contributed by atoms with Gasteiger partial charge in [-0.2, -0.15) is 0 Å². The molecule has 7 heteroatoms. The summed E-state index contributed by atoms with van der Waals surface area (Å²) in [6.07, 6.45) is 21.3. The van der Waals surface area contributed by atoms with E-state index in [1.165, 1.54) is 95.5 Å². The Balaban J connectivity index is -0.000000187. The molecule has 1 saturated heterocycles. The van der Waals surface area contributed by atoms with E-state index in [0.717, 1.165) is 30.6 Å². The van der Waals surface area contributed by atoms with Crippen LogP contribution in [0, 0.1) is 19.3 Å². The summed E-state index contributed by atoms with van der Waals surface area (Å²) in [5.74, 6) is 2.45. The lowest BCUT2D eigenvalue weighted by Crippen LogP contribution is -2.32. The predicted octanol–water partition coefficient (Wildman–Crippen LogP) is 11.6. The molecule has 308 valence electrons. The smallest absolute Gasteiger partial charge is 0.140 e. The molecule has 0 atom stereocenters. The Labute approximate surface area is 329 Å². The first-order chi connectivity index (χ1) is 25.7. The van der Waals surface area contributed by atoms with Gasteiger partial charge in [-0.1, -0.05) is 126 Å². The molecular weight excluding hydrogens is 657 g/mol. The third-order valence-corrected chi connectivity index (χ3v) is 7.68. The fraction of sp³-hybridized carbons (Fsp3) is 0.652. The Bertz CT molecular complexity index is 1080. The van der Waals surface area contributed by atoms with Crippen LogP contribution < -0.4 is 16.4 Å². The number of anilines is 2. The molecule has 0 aromatic heterocycles. The number of hydrogen-bond acceptors (Lipinski definition) is 7. The zero-order valence-electron chi connectivity index (χ0n) is 37.0. The van der Waals surface area contributed by atoms with Crippen LogP contribution in [0.5, 0.6) is 5.75 Å². The van der Waals surface area contributed by atoms with Crippen LogP contribution in [-0.2, 0) is 16.0 Å². The molecule has 0 spiro atoms. The number of likely N-dealkylation sites (tertiary alicyclic amines) is 1. The number of hydrogen-bond donors (Lipinski definition) is 4. The number of phenols is 1. The Morgan fingerprint density at radius 3 is 1.72 bits per heavy atom. The molecule has 3 rings (SSSR count). The van der Waals surface area contributed by atoms with Gasteiger partial charge in [0.05, 0.1) is 17.8 Å². The van der Waals surface area contributed by atoms with Gasteiger partial charge < -0.3 is 36.0 Å². The number of phenolic OH excluding ortho intramolecular Hbond substituents is 1. The number of terminal acetylenes is 1. The number of nitrogen functional groups attached to an aromatic ring is 1. The molecule has 1 fully saturated rings. The van der Waals surface area contributed by atoms with Crippen LogP contribution in [0.4, 0.5) is 11.4 Å². The molecular formula is C46H86N4O3. The Morgan fingerprint density at radius 1 is 0.868 bits per heavy atom. The number of aldehydes is 2. The molecule has 1 aliphatic rings. The number of rotatable bonds is 14. The summed E-state index contributed by atoms with van der Waals surface area (Å²) < 4.78 is 0. The van der Waals surface area contributed by atoms with E-state index < -0.39 is 0 Å². The van der Waals surface area contributed by atoms with Gasteiger partial charge in [0, 0.05) is 17.8 Å². The molecule has 0 amide bonds. The number of likely N-dealkylation sites (N-methyl/N-ethyl adjacent to an activating group) is 1. The number of nitrogens with zero attached hydrogens (tertiary/aromatic N) is 1. The van der Waals surface area contributed by atoms with Gasteiger partial charge in [-0.05, 0) is 108 Å². The minimum absolute atomic E-state index is 0.0537. The van der Waals surface area contributed by atoms with Crippen molar-refractivity contribution in [1.29, 1.82) is 0 Å². The van der Waals surface area contributed by atoms with Crippen molar-refractivity contribution < 1.29 is 14.7 Å². The molecule has 0 saturated carbocycles. The highest BCUT2D eigenvalue weighted by Gasteiger charge is 2.19. The SMILES string of the molecule is C#Cc1cc(C)cc(O)c1N.CC.CC.CC.CC=O.CCCC(CCC)N1CCCC1.CCCC(CCC)Nc1ccccc1CC.CNCC=O. The highest BCUT2D eigenvalue weighted by molar-refractivity contribution is 5.64. The number of nitrogens with one attached hydrogen (secondary N) is 2. The summed E-state index contributed by atoms with van der Waals surface area (Å²) in [6, 6.07) is 13.6. The summed E-state index contributed by atoms with van der Waals surface area (Å²) in [6.45, 7) is 29.8. The van der Waals surface area contributed by atoms with Crippen molar-refractivity contribution in [2.45, 2.75) is 173 Å². The molecule has 1 heterocycles. The van der Waals surface area contributed by atoms with Gasteiger partial charge >= 0.3 is 0 Å². The minimum Gasteiger partial charge on any atom is -0.506 e. The first kappa shape index (κ1) is 59.0. The number of carbonyl (C=O) groups is 2. The zero-order valence-corrected chi connectivity index (χ0v) is 37.0. The highest BCUT2D eigenvalue weighted by Crippen LogP contribution is 2.25. The van der Waals surface area contributed by atoms with Crippen molar-refractivity contribution in [3.63, 3.8) is 0 Å². The van der Waals surface area contributed by atoms with Crippen LogP contribution in [0.1, 0.15) is 164 Å². The molecule has 2 aromatic rings. The Kier molecular flexibility index (Phi) is 51.9. The molecule has 0 unspecified atom stereocenters. The van der Waals surface area contributed by atoms with E-state index in [9.17, 15) is 9.90 Å². The molecule has 2 aromatic carbocycles. The van der Waals surface area contributed by atoms with Crippen LogP contribution >= 0.6 is 0 Å². The van der Waals surface area contributed by atoms with Gasteiger partial charge in [-0.3, -0.25) is 0 Å². The first-order valence-electron chi connectivity index (χ1n) is 20.8. The zero-order chi connectivity index (χ0) is 41.9. The van der Waals surface area contributed by atoms with E-state index in [1.807, 2.05) is 48.5 Å². The molecule has 5 N–H and O–H groups in total. The third kappa shape index (κ3) is 33.0. The largest absolute Gasteiger partial charge is 0.506 e. The molecule has 0 aliphatic carbocycles. The van der Waals surface area contributed by atoms with Crippen LogP contribution in [0.25, 0.3) is 0 Å². The van der Waals surface area contributed by atoms with Crippen molar-refractivity contribution >= 4 is 23.9 Å². The Hall–Kier alpha value is -3.34. The van der Waals surface area contributed by atoms with Crippen LogP contribution in [0.2, 0.25) is 0 Å². The normalized spacial score (nSPS) is 10.8. The fourth-order valence-electron chi connectivity index (χ4n) is 5.44. The second kappa shape index (κ2) is 46.7. The van der Waals surface area contributed by atoms with Crippen molar-refractivity contribution in [1.82, 2.24) is 10.2 Å². The number of carbonyl (C=O) groups excluding carboxylic acids is 2. The standard InChI is InChI=1S/C15H25N.C11H23N.C9H9NO.C3H7NO.C2H4O.3C2H6/c1-4-9-14(10-5-2)16-15-12-8-7-11-13(15)6-3;1-3-7-11(8-4-2)12-9-5-6-10-12;1-3-7-4-6(2)5-8(11)9(7)10;1-4-2-3-5;1-2-3;3*1-2/h7-8,11-12,14,16H,4-6,9-10H2,1-3H3;11H,3-10H2,1-2H3;1,4-5,11H,10H2,2H3;3-4H,2H2,1H3;2H,1H3;3*1-2H3. The number of aryl methyl sites for hydroxylation is 2. The highest BCUT2D eigenvalue weighted by atomic mass is 16.3. The predicted molar refractivity (Wildman–Crippen MR) is 238 cm³/mol. The third-order valence-electron chi connectivity index (χ3n) is 7.68. The van der Waals surface area contributed by atoms with Gasteiger partial charge in [-0.15, -0.1) is 6.42 Å². The summed E-state index contributed by atoms with van der Waals surface area (Å²) in [5.41, 5.74) is 9.96.